The summed E-state index contributed by atoms with van der Waals surface area (Å²) >= 11 is 0. The van der Waals surface area contributed by atoms with Crippen LogP contribution in [0.5, 0.6) is 0 Å². The van der Waals surface area contributed by atoms with Crippen molar-refractivity contribution in [3.63, 3.8) is 0 Å². The van der Waals surface area contributed by atoms with E-state index in [1.165, 1.54) is 32.2 Å². The smallest absolute Gasteiger partial charge is 0.0189 e. The molecular formula is C11H24N2. The van der Waals surface area contributed by atoms with Crippen LogP contribution < -0.4 is 5.32 Å². The fourth-order valence-corrected chi connectivity index (χ4v) is 2.23. The fourth-order valence-electron chi connectivity index (χ4n) is 2.23. The molecule has 0 aromatic heterocycles. The molecular weight excluding hydrogens is 160 g/mol. The summed E-state index contributed by atoms with van der Waals surface area (Å²) in [6.45, 7) is 4.69. The molecule has 1 fully saturated rings. The minimum atomic E-state index is 0.672. The van der Waals surface area contributed by atoms with E-state index in [-0.39, 0.29) is 0 Å². The van der Waals surface area contributed by atoms with E-state index in [1.54, 1.807) is 0 Å². The molecule has 0 spiro atoms. The van der Waals surface area contributed by atoms with Crippen LogP contribution in [0.2, 0.25) is 0 Å². The minimum Gasteiger partial charge on any atom is -0.318 e. The molecule has 1 rings (SSSR count). The van der Waals surface area contributed by atoms with Crippen LogP contribution >= 0.6 is 0 Å². The molecule has 2 heteroatoms. The Morgan fingerprint density at radius 2 is 2.00 bits per heavy atom. The molecule has 0 aromatic carbocycles. The van der Waals surface area contributed by atoms with Gasteiger partial charge in [0, 0.05) is 19.1 Å². The summed E-state index contributed by atoms with van der Waals surface area (Å²) in [6.07, 6.45) is 5.82. The predicted molar refractivity (Wildman–Crippen MR) is 58.0 cm³/mol. The monoisotopic (exact) mass is 184 g/mol. The summed E-state index contributed by atoms with van der Waals surface area (Å²) in [7, 11) is 4.28. The summed E-state index contributed by atoms with van der Waals surface area (Å²) in [4.78, 5) is 2.49. The molecule has 1 saturated carbocycles. The van der Waals surface area contributed by atoms with E-state index in [2.05, 4.69) is 24.2 Å². The quantitative estimate of drug-likeness (QED) is 0.700. The molecule has 0 aliphatic heterocycles. The highest BCUT2D eigenvalue weighted by molar-refractivity contribution is 4.73. The SMILES string of the molecule is CNCC(C)N(C)CC1CCCC1. The van der Waals surface area contributed by atoms with Crippen molar-refractivity contribution < 1.29 is 0 Å². The first-order chi connectivity index (χ1) is 6.24. The number of nitrogens with zero attached hydrogens (tertiary/aromatic N) is 1. The van der Waals surface area contributed by atoms with Crippen LogP contribution in [0.25, 0.3) is 0 Å². The molecule has 13 heavy (non-hydrogen) atoms. The van der Waals surface area contributed by atoms with Crippen LogP contribution in [-0.4, -0.2) is 38.1 Å². The van der Waals surface area contributed by atoms with Crippen LogP contribution in [0, 0.1) is 5.92 Å². The van der Waals surface area contributed by atoms with Gasteiger partial charge >= 0.3 is 0 Å². The minimum absolute atomic E-state index is 0.672. The zero-order valence-electron chi connectivity index (χ0n) is 9.34. The maximum absolute atomic E-state index is 3.23. The maximum Gasteiger partial charge on any atom is 0.0189 e. The van der Waals surface area contributed by atoms with Gasteiger partial charge in [0.1, 0.15) is 0 Å². The fraction of sp³-hybridized carbons (Fsp3) is 1.00. The van der Waals surface area contributed by atoms with Gasteiger partial charge in [0.2, 0.25) is 0 Å². The van der Waals surface area contributed by atoms with Crippen molar-refractivity contribution in [1.29, 1.82) is 0 Å². The second kappa shape index (κ2) is 5.61. The molecule has 1 aliphatic carbocycles. The van der Waals surface area contributed by atoms with Gasteiger partial charge in [-0.1, -0.05) is 12.8 Å². The lowest BCUT2D eigenvalue weighted by molar-refractivity contribution is 0.217. The first-order valence-corrected chi connectivity index (χ1v) is 5.59. The standard InChI is InChI=1S/C11H24N2/c1-10(8-12-2)13(3)9-11-6-4-5-7-11/h10-12H,4-9H2,1-3H3. The molecule has 0 saturated heterocycles. The Morgan fingerprint density at radius 1 is 1.38 bits per heavy atom. The van der Waals surface area contributed by atoms with Crippen molar-refractivity contribution in [2.24, 2.45) is 5.92 Å². The topological polar surface area (TPSA) is 15.3 Å². The first-order valence-electron chi connectivity index (χ1n) is 5.59. The second-order valence-electron chi connectivity index (χ2n) is 4.50. The Balaban J connectivity index is 2.18. The van der Waals surface area contributed by atoms with Gasteiger partial charge in [0.05, 0.1) is 0 Å². The highest BCUT2D eigenvalue weighted by Crippen LogP contribution is 2.25. The number of rotatable bonds is 5. The highest BCUT2D eigenvalue weighted by Gasteiger charge is 2.18. The number of hydrogen-bond acceptors (Lipinski definition) is 2. The molecule has 1 atom stereocenters. The van der Waals surface area contributed by atoms with E-state index < -0.39 is 0 Å². The van der Waals surface area contributed by atoms with Crippen LogP contribution in [-0.2, 0) is 0 Å². The third-order valence-corrected chi connectivity index (χ3v) is 3.27. The normalized spacial score (nSPS) is 21.2. The Kier molecular flexibility index (Phi) is 4.74. The summed E-state index contributed by atoms with van der Waals surface area (Å²) in [5, 5.41) is 3.23. The largest absolute Gasteiger partial charge is 0.318 e. The number of likely N-dealkylation sites (N-methyl/N-ethyl adjacent to an activating group) is 2. The molecule has 1 N–H and O–H groups in total. The van der Waals surface area contributed by atoms with E-state index in [1.807, 2.05) is 7.05 Å². The third kappa shape index (κ3) is 3.65. The van der Waals surface area contributed by atoms with Crippen molar-refractivity contribution in [3.05, 3.63) is 0 Å². The molecule has 0 amide bonds. The van der Waals surface area contributed by atoms with Crippen molar-refractivity contribution in [1.82, 2.24) is 10.2 Å². The average molecular weight is 184 g/mol. The molecule has 0 bridgehead atoms. The molecule has 1 unspecified atom stereocenters. The Hall–Kier alpha value is -0.0800. The van der Waals surface area contributed by atoms with E-state index in [4.69, 9.17) is 0 Å². The maximum atomic E-state index is 3.23. The van der Waals surface area contributed by atoms with Crippen molar-refractivity contribution >= 4 is 0 Å². The van der Waals surface area contributed by atoms with Gasteiger partial charge in [-0.25, -0.2) is 0 Å². The molecule has 1 aliphatic rings. The van der Waals surface area contributed by atoms with E-state index in [9.17, 15) is 0 Å². The van der Waals surface area contributed by atoms with Gasteiger partial charge in [0.15, 0.2) is 0 Å². The Bertz CT molecular complexity index is 130. The number of hydrogen-bond donors (Lipinski definition) is 1. The molecule has 0 radical (unpaired) electrons. The van der Waals surface area contributed by atoms with Crippen LogP contribution in [0.4, 0.5) is 0 Å². The van der Waals surface area contributed by atoms with Crippen LogP contribution in [0.1, 0.15) is 32.6 Å². The summed E-state index contributed by atoms with van der Waals surface area (Å²) in [5.74, 6) is 0.976. The highest BCUT2D eigenvalue weighted by atomic mass is 15.1. The van der Waals surface area contributed by atoms with Crippen molar-refractivity contribution in [2.75, 3.05) is 27.2 Å². The van der Waals surface area contributed by atoms with Gasteiger partial charge in [-0.05, 0) is 39.8 Å². The van der Waals surface area contributed by atoms with Crippen LogP contribution in [0.3, 0.4) is 0 Å². The molecule has 78 valence electrons. The van der Waals surface area contributed by atoms with Crippen LogP contribution in [0.15, 0.2) is 0 Å². The lowest BCUT2D eigenvalue weighted by Gasteiger charge is -2.27. The van der Waals surface area contributed by atoms with Crippen molar-refractivity contribution in [2.45, 2.75) is 38.6 Å². The Labute approximate surface area is 82.7 Å². The zero-order chi connectivity index (χ0) is 9.68. The summed E-state index contributed by atoms with van der Waals surface area (Å²) < 4.78 is 0. The lowest BCUT2D eigenvalue weighted by Crippen LogP contribution is -2.39. The zero-order valence-corrected chi connectivity index (χ0v) is 9.34. The molecule has 2 nitrogen and oxygen atoms in total. The molecule has 0 aromatic rings. The summed E-state index contributed by atoms with van der Waals surface area (Å²) in [6, 6.07) is 0.672. The van der Waals surface area contributed by atoms with Gasteiger partial charge in [-0.15, -0.1) is 0 Å². The van der Waals surface area contributed by atoms with Gasteiger partial charge in [-0.2, -0.15) is 0 Å². The Morgan fingerprint density at radius 3 is 2.54 bits per heavy atom. The van der Waals surface area contributed by atoms with Crippen molar-refractivity contribution in [3.8, 4) is 0 Å². The van der Waals surface area contributed by atoms with E-state index >= 15 is 0 Å². The summed E-state index contributed by atoms with van der Waals surface area (Å²) in [5.41, 5.74) is 0. The van der Waals surface area contributed by atoms with Gasteiger partial charge in [-0.3, -0.25) is 0 Å². The van der Waals surface area contributed by atoms with E-state index in [0.717, 1.165) is 12.5 Å². The molecule has 0 heterocycles. The van der Waals surface area contributed by atoms with Gasteiger partial charge < -0.3 is 10.2 Å². The predicted octanol–water partition coefficient (Wildman–Crippen LogP) is 1.72. The number of nitrogens with one attached hydrogen (secondary N) is 1. The third-order valence-electron chi connectivity index (χ3n) is 3.27. The lowest BCUT2D eigenvalue weighted by atomic mass is 10.1. The first kappa shape index (κ1) is 11.0. The van der Waals surface area contributed by atoms with Gasteiger partial charge in [0.25, 0.3) is 0 Å². The average Bonchev–Trinajstić information content (AvgIpc) is 2.57. The second-order valence-corrected chi connectivity index (χ2v) is 4.50. The van der Waals surface area contributed by atoms with E-state index in [0.29, 0.717) is 6.04 Å².